The van der Waals surface area contributed by atoms with Crippen molar-refractivity contribution in [2.75, 3.05) is 33.0 Å². The number of ether oxygens (including phenoxy) is 3. The number of carboxylic acid groups (broad SMARTS) is 1. The first-order chi connectivity index (χ1) is 11.1. The average Bonchev–Trinajstić information content (AvgIpc) is 2.54. The summed E-state index contributed by atoms with van der Waals surface area (Å²) < 4.78 is 16.3. The van der Waals surface area contributed by atoms with E-state index in [-0.39, 0.29) is 25.4 Å². The zero-order chi connectivity index (χ0) is 16.2. The number of nitrogens with zero attached hydrogens (tertiary/aromatic N) is 1. The Labute approximate surface area is 133 Å². The number of rotatable bonds is 4. The van der Waals surface area contributed by atoms with Crippen LogP contribution in [0.15, 0.2) is 18.2 Å². The van der Waals surface area contributed by atoms with Crippen molar-refractivity contribution in [2.24, 2.45) is 0 Å². The van der Waals surface area contributed by atoms with Gasteiger partial charge in [-0.15, -0.1) is 0 Å². The number of fused-ring (bicyclic) bond motifs is 1. The van der Waals surface area contributed by atoms with Gasteiger partial charge >= 0.3 is 5.97 Å². The van der Waals surface area contributed by atoms with Crippen LogP contribution >= 0.6 is 0 Å². The molecule has 7 nitrogen and oxygen atoms in total. The van der Waals surface area contributed by atoms with Crippen LogP contribution in [0.3, 0.4) is 0 Å². The molecule has 1 N–H and O–H groups in total. The molecule has 0 radical (unpaired) electrons. The number of carboxylic acids is 1. The second-order valence-corrected chi connectivity index (χ2v) is 5.57. The molecule has 0 saturated carbocycles. The summed E-state index contributed by atoms with van der Waals surface area (Å²) >= 11 is 0. The van der Waals surface area contributed by atoms with E-state index in [0.29, 0.717) is 37.9 Å². The third-order valence-corrected chi connectivity index (χ3v) is 3.92. The number of morpholine rings is 1. The topological polar surface area (TPSA) is 85.3 Å². The van der Waals surface area contributed by atoms with Gasteiger partial charge in [-0.2, -0.15) is 0 Å². The van der Waals surface area contributed by atoms with Gasteiger partial charge in [0, 0.05) is 6.54 Å². The van der Waals surface area contributed by atoms with E-state index in [9.17, 15) is 9.59 Å². The lowest BCUT2D eigenvalue weighted by Crippen LogP contribution is -2.50. The Bertz CT molecular complexity index is 602. The standard InChI is InChI=1S/C16H19NO6/c18-15(17-3-4-21-10-12(17)9-16(19)20)8-11-1-2-13-14(7-11)23-6-5-22-13/h1-2,7,12H,3-6,8-10H2,(H,19,20). The molecular weight excluding hydrogens is 302 g/mol. The van der Waals surface area contributed by atoms with Gasteiger partial charge in [0.1, 0.15) is 13.2 Å². The van der Waals surface area contributed by atoms with Gasteiger partial charge in [-0.3, -0.25) is 9.59 Å². The van der Waals surface area contributed by atoms with Gasteiger partial charge in [0.05, 0.1) is 32.1 Å². The Morgan fingerprint density at radius 2 is 1.96 bits per heavy atom. The lowest BCUT2D eigenvalue weighted by Gasteiger charge is -2.35. The summed E-state index contributed by atoms with van der Waals surface area (Å²) in [6.07, 6.45) is 0.0969. The Morgan fingerprint density at radius 1 is 1.17 bits per heavy atom. The molecule has 0 aromatic heterocycles. The minimum Gasteiger partial charge on any atom is -0.486 e. The van der Waals surface area contributed by atoms with Crippen molar-refractivity contribution in [3.05, 3.63) is 23.8 Å². The molecule has 1 unspecified atom stereocenters. The normalized spacial score (nSPS) is 20.2. The van der Waals surface area contributed by atoms with Gasteiger partial charge in [0.2, 0.25) is 5.91 Å². The maximum atomic E-state index is 12.5. The van der Waals surface area contributed by atoms with Crippen molar-refractivity contribution in [3.63, 3.8) is 0 Å². The van der Waals surface area contributed by atoms with E-state index in [1.54, 1.807) is 17.0 Å². The fourth-order valence-electron chi connectivity index (χ4n) is 2.83. The van der Waals surface area contributed by atoms with Crippen molar-refractivity contribution in [1.29, 1.82) is 0 Å². The second kappa shape index (κ2) is 6.87. The number of benzene rings is 1. The number of amides is 1. The lowest BCUT2D eigenvalue weighted by atomic mass is 10.1. The van der Waals surface area contributed by atoms with Crippen LogP contribution in [0.5, 0.6) is 11.5 Å². The average molecular weight is 321 g/mol. The largest absolute Gasteiger partial charge is 0.486 e. The van der Waals surface area contributed by atoms with Crippen LogP contribution in [0.2, 0.25) is 0 Å². The Balaban J connectivity index is 1.68. The van der Waals surface area contributed by atoms with Crippen LogP contribution in [0.25, 0.3) is 0 Å². The van der Waals surface area contributed by atoms with E-state index in [2.05, 4.69) is 0 Å². The van der Waals surface area contributed by atoms with Crippen molar-refractivity contribution < 1.29 is 28.9 Å². The molecule has 1 aromatic carbocycles. The summed E-state index contributed by atoms with van der Waals surface area (Å²) in [5.41, 5.74) is 0.819. The molecule has 2 aliphatic rings. The fourth-order valence-corrected chi connectivity index (χ4v) is 2.83. The zero-order valence-corrected chi connectivity index (χ0v) is 12.7. The van der Waals surface area contributed by atoms with E-state index >= 15 is 0 Å². The number of carbonyl (C=O) groups is 2. The van der Waals surface area contributed by atoms with Crippen LogP contribution in [0.1, 0.15) is 12.0 Å². The van der Waals surface area contributed by atoms with Gasteiger partial charge in [0.15, 0.2) is 11.5 Å². The van der Waals surface area contributed by atoms with Crippen LogP contribution < -0.4 is 9.47 Å². The number of carbonyl (C=O) groups excluding carboxylic acids is 1. The number of hydrogen-bond acceptors (Lipinski definition) is 5. The van der Waals surface area contributed by atoms with Crippen LogP contribution in [-0.2, 0) is 20.7 Å². The molecule has 1 atom stereocenters. The first-order valence-corrected chi connectivity index (χ1v) is 7.61. The quantitative estimate of drug-likeness (QED) is 0.879. The monoisotopic (exact) mass is 321 g/mol. The highest BCUT2D eigenvalue weighted by Crippen LogP contribution is 2.31. The van der Waals surface area contributed by atoms with E-state index in [4.69, 9.17) is 19.3 Å². The maximum Gasteiger partial charge on any atom is 0.305 e. The minimum atomic E-state index is -0.933. The number of aliphatic carboxylic acids is 1. The Kier molecular flexibility index (Phi) is 4.66. The molecule has 1 aromatic rings. The molecule has 1 fully saturated rings. The summed E-state index contributed by atoms with van der Waals surface area (Å²) in [6.45, 7) is 2.13. The Hall–Kier alpha value is -2.28. The first-order valence-electron chi connectivity index (χ1n) is 7.61. The third-order valence-electron chi connectivity index (χ3n) is 3.92. The van der Waals surface area contributed by atoms with Crippen LogP contribution in [0.4, 0.5) is 0 Å². The van der Waals surface area contributed by atoms with Crippen LogP contribution in [0, 0.1) is 0 Å². The second-order valence-electron chi connectivity index (χ2n) is 5.57. The number of hydrogen-bond donors (Lipinski definition) is 1. The summed E-state index contributed by atoms with van der Waals surface area (Å²) in [5.74, 6) is 0.294. The van der Waals surface area contributed by atoms with Gasteiger partial charge < -0.3 is 24.2 Å². The smallest absolute Gasteiger partial charge is 0.305 e. The van der Waals surface area contributed by atoms with Crippen molar-refractivity contribution in [3.8, 4) is 11.5 Å². The fraction of sp³-hybridized carbons (Fsp3) is 0.500. The molecule has 1 amide bonds. The molecule has 3 rings (SSSR count). The first kappa shape index (κ1) is 15.6. The molecule has 2 aliphatic heterocycles. The third kappa shape index (κ3) is 3.73. The molecule has 124 valence electrons. The SMILES string of the molecule is O=C(O)CC1COCCN1C(=O)Cc1ccc2c(c1)OCCO2. The molecule has 23 heavy (non-hydrogen) atoms. The van der Waals surface area contributed by atoms with Crippen molar-refractivity contribution >= 4 is 11.9 Å². The summed E-state index contributed by atoms with van der Waals surface area (Å²) in [6, 6.07) is 5.02. The molecule has 2 heterocycles. The molecule has 0 aliphatic carbocycles. The maximum absolute atomic E-state index is 12.5. The molecule has 0 spiro atoms. The van der Waals surface area contributed by atoms with E-state index in [1.807, 2.05) is 6.07 Å². The summed E-state index contributed by atoms with van der Waals surface area (Å²) in [5, 5.41) is 8.96. The molecule has 0 bridgehead atoms. The van der Waals surface area contributed by atoms with Gasteiger partial charge in [0.25, 0.3) is 0 Å². The van der Waals surface area contributed by atoms with Crippen molar-refractivity contribution in [2.45, 2.75) is 18.9 Å². The van der Waals surface area contributed by atoms with Crippen molar-refractivity contribution in [1.82, 2.24) is 4.90 Å². The lowest BCUT2D eigenvalue weighted by molar-refractivity contribution is -0.145. The van der Waals surface area contributed by atoms with E-state index < -0.39 is 12.0 Å². The van der Waals surface area contributed by atoms with E-state index in [1.165, 1.54) is 0 Å². The molecular formula is C16H19NO6. The summed E-state index contributed by atoms with van der Waals surface area (Å²) in [7, 11) is 0. The van der Waals surface area contributed by atoms with Gasteiger partial charge in [-0.1, -0.05) is 6.07 Å². The minimum absolute atomic E-state index is 0.101. The predicted octanol–water partition coefficient (Wildman–Crippen LogP) is 0.702. The van der Waals surface area contributed by atoms with Crippen LogP contribution in [-0.4, -0.2) is 60.9 Å². The highest BCUT2D eigenvalue weighted by molar-refractivity contribution is 5.80. The molecule has 7 heteroatoms. The predicted molar refractivity (Wildman–Crippen MR) is 79.7 cm³/mol. The van der Waals surface area contributed by atoms with E-state index in [0.717, 1.165) is 5.56 Å². The Morgan fingerprint density at radius 3 is 2.74 bits per heavy atom. The summed E-state index contributed by atoms with van der Waals surface area (Å²) in [4.78, 5) is 25.1. The van der Waals surface area contributed by atoms with Gasteiger partial charge in [-0.05, 0) is 17.7 Å². The van der Waals surface area contributed by atoms with Gasteiger partial charge in [-0.25, -0.2) is 0 Å². The highest BCUT2D eigenvalue weighted by atomic mass is 16.6. The molecule has 1 saturated heterocycles. The zero-order valence-electron chi connectivity index (χ0n) is 12.7. The highest BCUT2D eigenvalue weighted by Gasteiger charge is 2.29.